The number of hydrogen-bond donors (Lipinski definition) is 2. The average molecular weight is 160 g/mol. The highest BCUT2D eigenvalue weighted by Gasteiger charge is 2.54. The quantitative estimate of drug-likeness (QED) is 0.584. The van der Waals surface area contributed by atoms with Crippen molar-refractivity contribution >= 4 is 5.71 Å². The van der Waals surface area contributed by atoms with Gasteiger partial charge in [-0.05, 0) is 19.3 Å². The van der Waals surface area contributed by atoms with Crippen LogP contribution in [0.25, 0.3) is 0 Å². The van der Waals surface area contributed by atoms with E-state index >= 15 is 0 Å². The lowest BCUT2D eigenvalue weighted by Crippen LogP contribution is -2.62. The van der Waals surface area contributed by atoms with Crippen molar-refractivity contribution in [2.45, 2.75) is 37.3 Å². The molecular weight excluding hydrogens is 150 g/mol. The maximum absolute atomic E-state index is 12.1. The predicted octanol–water partition coefficient (Wildman–Crippen LogP) is 1.17. The van der Waals surface area contributed by atoms with Crippen LogP contribution < -0.4 is 5.32 Å². The van der Waals surface area contributed by atoms with Gasteiger partial charge in [-0.2, -0.15) is 0 Å². The molecule has 2 nitrogen and oxygen atoms in total. The van der Waals surface area contributed by atoms with Gasteiger partial charge in [-0.1, -0.05) is 0 Å². The lowest BCUT2D eigenvalue weighted by Gasteiger charge is -2.40. The predicted molar refractivity (Wildman–Crippen MR) is 37.2 cm³/mol. The van der Waals surface area contributed by atoms with E-state index in [-0.39, 0.29) is 0 Å². The molecule has 4 heteroatoms. The third-order valence-corrected chi connectivity index (χ3v) is 2.73. The largest absolute Gasteiger partial charge is 0.303 e. The summed E-state index contributed by atoms with van der Waals surface area (Å²) in [5.74, 6) is 0. The van der Waals surface area contributed by atoms with E-state index in [0.717, 1.165) is 19.3 Å². The molecule has 62 valence electrons. The summed E-state index contributed by atoms with van der Waals surface area (Å²) in [5, 5.41) is 10.2. The maximum atomic E-state index is 12.1. The zero-order valence-electron chi connectivity index (χ0n) is 6.03. The molecule has 1 aliphatic carbocycles. The van der Waals surface area contributed by atoms with Crippen molar-refractivity contribution in [3.05, 3.63) is 0 Å². The lowest BCUT2D eigenvalue weighted by atomic mass is 9.85. The lowest BCUT2D eigenvalue weighted by molar-refractivity contribution is 0.194. The van der Waals surface area contributed by atoms with Crippen molar-refractivity contribution in [3.63, 3.8) is 0 Å². The smallest absolute Gasteiger partial charge is 0.277 e. The first-order valence-corrected chi connectivity index (χ1v) is 3.79. The molecule has 2 atom stereocenters. The summed E-state index contributed by atoms with van der Waals surface area (Å²) in [6, 6.07) is 0.411. The van der Waals surface area contributed by atoms with Gasteiger partial charge in [0.1, 0.15) is 0 Å². The molecule has 1 saturated carbocycles. The van der Waals surface area contributed by atoms with Crippen molar-refractivity contribution in [1.82, 2.24) is 5.32 Å². The van der Waals surface area contributed by atoms with Crippen LogP contribution in [-0.2, 0) is 0 Å². The van der Waals surface area contributed by atoms with Crippen LogP contribution in [0.5, 0.6) is 0 Å². The first kappa shape index (κ1) is 7.16. The molecule has 0 radical (unpaired) electrons. The third-order valence-electron chi connectivity index (χ3n) is 2.73. The van der Waals surface area contributed by atoms with Gasteiger partial charge >= 0.3 is 0 Å². The Morgan fingerprint density at radius 1 is 1.64 bits per heavy atom. The van der Waals surface area contributed by atoms with Crippen molar-refractivity contribution in [3.8, 4) is 0 Å². The Labute approximate surface area is 63.5 Å². The van der Waals surface area contributed by atoms with E-state index in [1.807, 2.05) is 0 Å². The molecule has 11 heavy (non-hydrogen) atoms. The zero-order valence-corrected chi connectivity index (χ0v) is 6.03. The van der Waals surface area contributed by atoms with Crippen LogP contribution in [0.2, 0.25) is 0 Å². The third kappa shape index (κ3) is 0.819. The number of hydrogen-bond acceptors (Lipinski definition) is 2. The van der Waals surface area contributed by atoms with Gasteiger partial charge in [0, 0.05) is 6.04 Å². The van der Waals surface area contributed by atoms with Crippen LogP contribution in [0.3, 0.4) is 0 Å². The molecular formula is C7H10F2N2. The summed E-state index contributed by atoms with van der Waals surface area (Å²) in [7, 11) is 0. The number of fused-ring (bicyclic) bond motifs is 1. The number of rotatable bonds is 2. The molecule has 0 aromatic heterocycles. The van der Waals surface area contributed by atoms with E-state index < -0.39 is 17.7 Å². The fourth-order valence-electron chi connectivity index (χ4n) is 2.09. The molecule has 3 rings (SSSR count). The Balaban J connectivity index is 2.10. The summed E-state index contributed by atoms with van der Waals surface area (Å²) < 4.78 is 24.2. The summed E-state index contributed by atoms with van der Waals surface area (Å²) >= 11 is 0. The minimum atomic E-state index is -2.58. The summed E-state index contributed by atoms with van der Waals surface area (Å²) in [5.41, 5.74) is -1.01. The van der Waals surface area contributed by atoms with Gasteiger partial charge in [-0.25, -0.2) is 8.78 Å². The molecule has 0 aromatic carbocycles. The monoisotopic (exact) mass is 160 g/mol. The van der Waals surface area contributed by atoms with Crippen LogP contribution in [0.1, 0.15) is 19.3 Å². The number of halogens is 2. The summed E-state index contributed by atoms with van der Waals surface area (Å²) in [6.45, 7) is 0. The zero-order chi connectivity index (χ0) is 8.06. The summed E-state index contributed by atoms with van der Waals surface area (Å²) in [4.78, 5) is 0. The van der Waals surface area contributed by atoms with E-state index in [2.05, 4.69) is 5.32 Å². The highest BCUT2D eigenvalue weighted by molar-refractivity contribution is 5.95. The molecule has 2 saturated heterocycles. The molecule has 0 amide bonds. The highest BCUT2D eigenvalue weighted by atomic mass is 19.3. The average Bonchev–Trinajstić information content (AvgIpc) is 2.40. The Morgan fingerprint density at radius 3 is 2.64 bits per heavy atom. The molecule has 3 aliphatic rings. The minimum Gasteiger partial charge on any atom is -0.303 e. The van der Waals surface area contributed by atoms with Gasteiger partial charge in [0.25, 0.3) is 6.43 Å². The van der Waals surface area contributed by atoms with Crippen LogP contribution in [0.15, 0.2) is 0 Å². The van der Waals surface area contributed by atoms with E-state index in [9.17, 15) is 8.78 Å². The van der Waals surface area contributed by atoms with Crippen LogP contribution in [-0.4, -0.2) is 23.7 Å². The molecule has 0 spiro atoms. The van der Waals surface area contributed by atoms with Gasteiger partial charge in [0.05, 0.1) is 11.3 Å². The van der Waals surface area contributed by atoms with Crippen molar-refractivity contribution in [1.29, 1.82) is 5.41 Å². The number of alkyl halides is 2. The standard InChI is InChI=1S/C7H10F2N2/c8-6(9)5(10)7-2-1-4(3-7)11-7/h4,6,10-11H,1-3H2. The van der Waals surface area contributed by atoms with E-state index in [0.29, 0.717) is 6.04 Å². The van der Waals surface area contributed by atoms with Crippen molar-refractivity contribution in [2.75, 3.05) is 0 Å². The van der Waals surface area contributed by atoms with Gasteiger partial charge < -0.3 is 10.7 Å². The van der Waals surface area contributed by atoms with E-state index in [4.69, 9.17) is 5.41 Å². The summed E-state index contributed by atoms with van der Waals surface area (Å²) in [6.07, 6.45) is -0.159. The molecule has 2 heterocycles. The van der Waals surface area contributed by atoms with E-state index in [1.165, 1.54) is 0 Å². The second-order valence-corrected chi connectivity index (χ2v) is 3.38. The Bertz CT molecular complexity index is 191. The van der Waals surface area contributed by atoms with Gasteiger partial charge in [0.15, 0.2) is 0 Å². The minimum absolute atomic E-state index is 0.411. The second kappa shape index (κ2) is 2.00. The van der Waals surface area contributed by atoms with Crippen molar-refractivity contribution in [2.24, 2.45) is 0 Å². The molecule has 2 aliphatic heterocycles. The Morgan fingerprint density at radius 2 is 2.27 bits per heavy atom. The van der Waals surface area contributed by atoms with Gasteiger partial charge in [0.2, 0.25) is 0 Å². The highest BCUT2D eigenvalue weighted by Crippen LogP contribution is 2.42. The van der Waals surface area contributed by atoms with Crippen molar-refractivity contribution < 1.29 is 8.78 Å². The molecule has 2 bridgehead atoms. The maximum Gasteiger partial charge on any atom is 0.277 e. The normalized spacial score (nSPS) is 40.8. The molecule has 3 fully saturated rings. The first-order chi connectivity index (χ1) is 5.14. The molecule has 2 N–H and O–H groups in total. The Kier molecular flexibility index (Phi) is 1.30. The van der Waals surface area contributed by atoms with Crippen LogP contribution in [0.4, 0.5) is 8.78 Å². The molecule has 0 aromatic rings. The van der Waals surface area contributed by atoms with Gasteiger partial charge in [-0.3, -0.25) is 0 Å². The fourth-order valence-corrected chi connectivity index (χ4v) is 2.09. The first-order valence-electron chi connectivity index (χ1n) is 3.79. The SMILES string of the molecule is N=C(C(F)F)C12CCC(C1)N2. The topological polar surface area (TPSA) is 35.9 Å². The number of nitrogens with one attached hydrogen (secondary N) is 2. The van der Waals surface area contributed by atoms with Crippen LogP contribution in [0, 0.1) is 5.41 Å². The van der Waals surface area contributed by atoms with E-state index in [1.54, 1.807) is 0 Å². The van der Waals surface area contributed by atoms with Gasteiger partial charge in [-0.15, -0.1) is 0 Å². The molecule has 2 unspecified atom stereocenters. The second-order valence-electron chi connectivity index (χ2n) is 3.38. The fraction of sp³-hybridized carbons (Fsp3) is 0.857. The van der Waals surface area contributed by atoms with Crippen LogP contribution >= 0.6 is 0 Å². The Hall–Kier alpha value is -0.510.